The predicted molar refractivity (Wildman–Crippen MR) is 174 cm³/mol. The highest BCUT2D eigenvalue weighted by molar-refractivity contribution is 5.96. The largest absolute Gasteiger partial charge is 0.496 e. The maximum Gasteiger partial charge on any atom is 0.335 e. The molecular formula is C39H36O5. The summed E-state index contributed by atoms with van der Waals surface area (Å²) in [6, 6.07) is 31.2. The fraction of sp³-hybridized carbons (Fsp3) is 0.282. The summed E-state index contributed by atoms with van der Waals surface area (Å²) >= 11 is 0. The molecule has 0 spiro atoms. The number of methoxy groups -OCH3 is 1. The van der Waals surface area contributed by atoms with Crippen LogP contribution in [0.1, 0.15) is 64.8 Å². The molecule has 5 nitrogen and oxygen atoms in total. The number of aromatic carboxylic acids is 2. The lowest BCUT2D eigenvalue weighted by Crippen LogP contribution is -2.48. The van der Waals surface area contributed by atoms with Crippen LogP contribution in [0.25, 0.3) is 32.7 Å². The molecule has 4 saturated carbocycles. The van der Waals surface area contributed by atoms with Crippen molar-refractivity contribution >= 4 is 33.5 Å². The number of carbonyl (C=O) groups is 2. The van der Waals surface area contributed by atoms with Gasteiger partial charge in [0.2, 0.25) is 0 Å². The van der Waals surface area contributed by atoms with E-state index in [9.17, 15) is 14.7 Å². The zero-order valence-corrected chi connectivity index (χ0v) is 24.8. The normalized spacial score (nSPS) is 23.2. The van der Waals surface area contributed by atoms with Gasteiger partial charge in [0.25, 0.3) is 0 Å². The minimum absolute atomic E-state index is 0.281. The van der Waals surface area contributed by atoms with Gasteiger partial charge in [0, 0.05) is 5.56 Å². The fourth-order valence-electron chi connectivity index (χ4n) is 8.62. The molecule has 4 fully saturated rings. The Morgan fingerprint density at radius 2 is 1.09 bits per heavy atom. The Balaban J connectivity index is 0.000000201. The van der Waals surface area contributed by atoms with Crippen molar-refractivity contribution in [2.45, 2.75) is 43.9 Å². The summed E-state index contributed by atoms with van der Waals surface area (Å²) in [5.41, 5.74) is 4.74. The van der Waals surface area contributed by atoms with Crippen molar-refractivity contribution in [3.05, 3.63) is 114 Å². The molecule has 4 aliphatic carbocycles. The Morgan fingerprint density at radius 3 is 1.68 bits per heavy atom. The molecule has 0 unspecified atom stereocenters. The van der Waals surface area contributed by atoms with E-state index in [0.29, 0.717) is 11.1 Å². The van der Waals surface area contributed by atoms with E-state index in [1.54, 1.807) is 31.4 Å². The molecule has 0 aromatic heterocycles. The fourth-order valence-corrected chi connectivity index (χ4v) is 8.62. The molecule has 0 aliphatic heterocycles. The minimum Gasteiger partial charge on any atom is -0.496 e. The van der Waals surface area contributed by atoms with E-state index in [1.165, 1.54) is 55.2 Å². The van der Waals surface area contributed by atoms with Crippen LogP contribution in [-0.2, 0) is 5.41 Å². The van der Waals surface area contributed by atoms with Gasteiger partial charge in [-0.3, -0.25) is 0 Å². The summed E-state index contributed by atoms with van der Waals surface area (Å²) in [6.45, 7) is 0. The molecule has 4 bridgehead atoms. The van der Waals surface area contributed by atoms with Gasteiger partial charge < -0.3 is 14.9 Å². The summed E-state index contributed by atoms with van der Waals surface area (Å²) in [4.78, 5) is 21.9. The second-order valence-electron chi connectivity index (χ2n) is 13.1. The Morgan fingerprint density at radius 1 is 0.614 bits per heavy atom. The maximum atomic E-state index is 11.3. The summed E-state index contributed by atoms with van der Waals surface area (Å²) in [7, 11) is 1.80. The highest BCUT2D eigenvalue weighted by Gasteiger charge is 2.52. The molecule has 5 heteroatoms. The minimum atomic E-state index is -0.888. The first-order valence-corrected chi connectivity index (χ1v) is 15.5. The van der Waals surface area contributed by atoms with Gasteiger partial charge in [-0.1, -0.05) is 54.6 Å². The van der Waals surface area contributed by atoms with Crippen molar-refractivity contribution in [3.8, 4) is 16.9 Å². The van der Waals surface area contributed by atoms with Crippen LogP contribution < -0.4 is 4.74 Å². The Labute approximate surface area is 257 Å². The number of benzene rings is 5. The van der Waals surface area contributed by atoms with Gasteiger partial charge >= 0.3 is 11.9 Å². The summed E-state index contributed by atoms with van der Waals surface area (Å²) in [6.07, 6.45) is 8.25. The molecule has 44 heavy (non-hydrogen) atoms. The van der Waals surface area contributed by atoms with Gasteiger partial charge in [-0.05, 0) is 137 Å². The number of rotatable bonds is 5. The van der Waals surface area contributed by atoms with Crippen LogP contribution >= 0.6 is 0 Å². The number of hydrogen-bond acceptors (Lipinski definition) is 3. The zero-order valence-electron chi connectivity index (χ0n) is 24.8. The first-order valence-electron chi connectivity index (χ1n) is 15.5. The summed E-state index contributed by atoms with van der Waals surface area (Å²) < 4.78 is 5.88. The summed E-state index contributed by atoms with van der Waals surface area (Å²) in [5, 5.41) is 22.1. The molecule has 2 N–H and O–H groups in total. The van der Waals surface area contributed by atoms with Gasteiger partial charge in [-0.15, -0.1) is 0 Å². The molecule has 9 rings (SSSR count). The van der Waals surface area contributed by atoms with Crippen LogP contribution in [0.5, 0.6) is 5.75 Å². The zero-order chi connectivity index (χ0) is 30.4. The number of carboxylic acids is 2. The average molecular weight is 585 g/mol. The van der Waals surface area contributed by atoms with Crippen LogP contribution in [0.4, 0.5) is 0 Å². The highest BCUT2D eigenvalue weighted by atomic mass is 16.5. The second-order valence-corrected chi connectivity index (χ2v) is 13.1. The molecule has 0 amide bonds. The van der Waals surface area contributed by atoms with E-state index in [2.05, 4.69) is 30.3 Å². The topological polar surface area (TPSA) is 83.8 Å². The molecule has 5 aromatic carbocycles. The number of carboxylic acid groups (broad SMARTS) is 2. The van der Waals surface area contributed by atoms with Crippen LogP contribution in [-0.4, -0.2) is 29.3 Å². The molecule has 222 valence electrons. The van der Waals surface area contributed by atoms with Crippen LogP contribution in [0, 0.1) is 17.8 Å². The van der Waals surface area contributed by atoms with Crippen molar-refractivity contribution in [2.75, 3.05) is 7.11 Å². The summed E-state index contributed by atoms with van der Waals surface area (Å²) in [5.74, 6) is 1.95. The Bertz CT molecular complexity index is 1870. The van der Waals surface area contributed by atoms with E-state index in [4.69, 9.17) is 9.84 Å². The SMILES string of the molecule is COc1ccc(-c2ccc3cc(C(=O)O)ccc3c2)cc1C12CC3CC(CC(C3)C1)C2.O=C(O)c1ccc2ccccc2c1. The van der Waals surface area contributed by atoms with Gasteiger partial charge in [0.15, 0.2) is 0 Å². The van der Waals surface area contributed by atoms with E-state index in [1.807, 2.05) is 42.5 Å². The smallest absolute Gasteiger partial charge is 0.335 e. The lowest BCUT2D eigenvalue weighted by Gasteiger charge is -2.57. The quantitative estimate of drug-likeness (QED) is 0.215. The van der Waals surface area contributed by atoms with Gasteiger partial charge in [-0.2, -0.15) is 0 Å². The van der Waals surface area contributed by atoms with Crippen molar-refractivity contribution in [3.63, 3.8) is 0 Å². The van der Waals surface area contributed by atoms with Crippen molar-refractivity contribution < 1.29 is 24.5 Å². The van der Waals surface area contributed by atoms with E-state index >= 15 is 0 Å². The van der Waals surface area contributed by atoms with Gasteiger partial charge in [0.05, 0.1) is 18.2 Å². The van der Waals surface area contributed by atoms with Crippen molar-refractivity contribution in [1.29, 1.82) is 0 Å². The highest BCUT2D eigenvalue weighted by Crippen LogP contribution is 2.62. The molecule has 0 radical (unpaired) electrons. The van der Waals surface area contributed by atoms with Crippen LogP contribution in [0.3, 0.4) is 0 Å². The van der Waals surface area contributed by atoms with Crippen LogP contribution in [0.2, 0.25) is 0 Å². The lowest BCUT2D eigenvalue weighted by atomic mass is 9.48. The molecule has 0 atom stereocenters. The third-order valence-electron chi connectivity index (χ3n) is 10.2. The van der Waals surface area contributed by atoms with Gasteiger partial charge in [0.1, 0.15) is 5.75 Å². The number of ether oxygens (including phenoxy) is 1. The van der Waals surface area contributed by atoms with E-state index < -0.39 is 11.9 Å². The molecule has 0 heterocycles. The first-order chi connectivity index (χ1) is 21.3. The lowest BCUT2D eigenvalue weighted by molar-refractivity contribution is -0.00613. The van der Waals surface area contributed by atoms with Crippen molar-refractivity contribution in [1.82, 2.24) is 0 Å². The third-order valence-corrected chi connectivity index (χ3v) is 10.2. The maximum absolute atomic E-state index is 11.3. The molecule has 4 aliphatic rings. The van der Waals surface area contributed by atoms with E-state index in [-0.39, 0.29) is 5.41 Å². The predicted octanol–water partition coefficient (Wildman–Crippen LogP) is 9.22. The number of fused-ring (bicyclic) bond motifs is 2. The second kappa shape index (κ2) is 11.1. The first kappa shape index (κ1) is 28.1. The number of hydrogen-bond donors (Lipinski definition) is 2. The standard InChI is InChI=1S/C28H28O3.C11H8O2/c1-31-26-7-6-23(21-2-3-22-12-24(27(29)30)5-4-20(22)11-21)13-25(26)28-14-17-8-18(15-28)10-19(9-17)16-28;12-11(13)10-6-5-8-3-1-2-4-9(8)7-10/h2-7,11-13,17-19H,8-10,14-16H2,1H3,(H,29,30);1-7H,(H,12,13). The van der Waals surface area contributed by atoms with Gasteiger partial charge in [-0.25, -0.2) is 9.59 Å². The monoisotopic (exact) mass is 584 g/mol. The van der Waals surface area contributed by atoms with Crippen molar-refractivity contribution in [2.24, 2.45) is 17.8 Å². The molecule has 0 saturated heterocycles. The Kier molecular flexibility index (Phi) is 7.12. The third kappa shape index (κ3) is 5.21. The van der Waals surface area contributed by atoms with Crippen LogP contribution in [0.15, 0.2) is 97.1 Å². The van der Waals surface area contributed by atoms with E-state index in [0.717, 1.165) is 45.0 Å². The average Bonchev–Trinajstić information content (AvgIpc) is 3.03. The molecule has 5 aromatic rings. The molecular weight excluding hydrogens is 548 g/mol. The Hall–Kier alpha value is -4.64.